The highest BCUT2D eigenvalue weighted by molar-refractivity contribution is 5.70. The van der Waals surface area contributed by atoms with Crippen LogP contribution in [0.15, 0.2) is 0 Å². The van der Waals surface area contributed by atoms with Crippen LogP contribution in [0.25, 0.3) is 0 Å². The molecule has 6 heteroatoms. The Kier molecular flexibility index (Phi) is 5.75. The maximum atomic E-state index is 11.9. The first-order valence-corrected chi connectivity index (χ1v) is 7.18. The Balaban J connectivity index is 2.57. The standard InChI is InChI=1S/C15H26O6/c1-10(16)18-9-12-7-11(19-15(5,6)20-12)8-13(17)21-14(2,3)4/h11-12H,7-9H2,1-6H3/t11-,12+/m1/s1. The average Bonchev–Trinajstić information content (AvgIpc) is 2.20. The summed E-state index contributed by atoms with van der Waals surface area (Å²) >= 11 is 0. The van der Waals surface area contributed by atoms with E-state index in [0.29, 0.717) is 6.42 Å². The van der Waals surface area contributed by atoms with Gasteiger partial charge in [0.1, 0.15) is 12.2 Å². The van der Waals surface area contributed by atoms with Gasteiger partial charge in [0.05, 0.1) is 18.6 Å². The number of esters is 2. The van der Waals surface area contributed by atoms with Gasteiger partial charge in [0.25, 0.3) is 0 Å². The van der Waals surface area contributed by atoms with Crippen LogP contribution in [-0.4, -0.2) is 42.1 Å². The molecular formula is C15H26O6. The fourth-order valence-corrected chi connectivity index (χ4v) is 2.23. The molecule has 0 aromatic heterocycles. The third kappa shape index (κ3) is 7.43. The fourth-order valence-electron chi connectivity index (χ4n) is 2.23. The molecule has 0 spiro atoms. The van der Waals surface area contributed by atoms with Gasteiger partial charge in [0.2, 0.25) is 0 Å². The van der Waals surface area contributed by atoms with Gasteiger partial charge >= 0.3 is 11.9 Å². The number of carbonyl (C=O) groups is 2. The van der Waals surface area contributed by atoms with Crippen molar-refractivity contribution in [3.8, 4) is 0 Å². The van der Waals surface area contributed by atoms with Gasteiger partial charge in [-0.25, -0.2) is 0 Å². The Hall–Kier alpha value is -1.14. The first-order valence-electron chi connectivity index (χ1n) is 7.18. The monoisotopic (exact) mass is 302 g/mol. The summed E-state index contributed by atoms with van der Waals surface area (Å²) in [4.78, 5) is 22.8. The molecule has 0 aliphatic carbocycles. The first kappa shape index (κ1) is 17.9. The summed E-state index contributed by atoms with van der Waals surface area (Å²) < 4.78 is 21.7. The Morgan fingerprint density at radius 2 is 1.76 bits per heavy atom. The molecule has 1 heterocycles. The molecule has 0 N–H and O–H groups in total. The number of ether oxygens (including phenoxy) is 4. The topological polar surface area (TPSA) is 71.1 Å². The molecule has 2 atom stereocenters. The van der Waals surface area contributed by atoms with Crippen molar-refractivity contribution in [2.75, 3.05) is 6.61 Å². The van der Waals surface area contributed by atoms with Crippen molar-refractivity contribution < 1.29 is 28.5 Å². The predicted molar refractivity (Wildman–Crippen MR) is 75.5 cm³/mol. The van der Waals surface area contributed by atoms with E-state index < -0.39 is 11.4 Å². The van der Waals surface area contributed by atoms with Gasteiger partial charge in [0, 0.05) is 13.3 Å². The maximum absolute atomic E-state index is 11.9. The minimum absolute atomic E-state index is 0.153. The third-order valence-electron chi connectivity index (χ3n) is 2.71. The van der Waals surface area contributed by atoms with Gasteiger partial charge in [-0.3, -0.25) is 9.59 Å². The zero-order valence-corrected chi connectivity index (χ0v) is 13.7. The summed E-state index contributed by atoms with van der Waals surface area (Å²) in [6, 6.07) is 0. The van der Waals surface area contributed by atoms with E-state index >= 15 is 0 Å². The molecule has 1 rings (SSSR count). The lowest BCUT2D eigenvalue weighted by Crippen LogP contribution is -2.47. The molecule has 1 saturated heterocycles. The molecule has 21 heavy (non-hydrogen) atoms. The van der Waals surface area contributed by atoms with Crippen molar-refractivity contribution in [2.24, 2.45) is 0 Å². The largest absolute Gasteiger partial charge is 0.463 e. The zero-order chi connectivity index (χ0) is 16.3. The van der Waals surface area contributed by atoms with E-state index in [-0.39, 0.29) is 37.2 Å². The normalized spacial score (nSPS) is 25.2. The Morgan fingerprint density at radius 3 is 2.29 bits per heavy atom. The van der Waals surface area contributed by atoms with Crippen LogP contribution in [0.5, 0.6) is 0 Å². The second-order valence-corrected chi connectivity index (χ2v) is 6.71. The van der Waals surface area contributed by atoms with Gasteiger partial charge in [0.15, 0.2) is 5.79 Å². The lowest BCUT2D eigenvalue weighted by molar-refractivity contribution is -0.304. The minimum Gasteiger partial charge on any atom is -0.463 e. The number of carbonyl (C=O) groups excluding carboxylic acids is 2. The molecule has 0 saturated carbocycles. The first-order chi connectivity index (χ1) is 9.47. The van der Waals surface area contributed by atoms with E-state index in [1.54, 1.807) is 13.8 Å². The SMILES string of the molecule is CC(=O)OC[C@@H]1C[C@H](CC(=O)OC(C)(C)C)OC(C)(C)O1. The van der Waals surface area contributed by atoms with Crippen LogP contribution < -0.4 is 0 Å². The minimum atomic E-state index is -0.824. The molecule has 0 bridgehead atoms. The highest BCUT2D eigenvalue weighted by Gasteiger charge is 2.37. The number of hydrogen-bond acceptors (Lipinski definition) is 6. The quantitative estimate of drug-likeness (QED) is 0.741. The highest BCUT2D eigenvalue weighted by Crippen LogP contribution is 2.29. The molecule has 0 amide bonds. The van der Waals surface area contributed by atoms with Crippen LogP contribution in [0.1, 0.15) is 54.4 Å². The van der Waals surface area contributed by atoms with E-state index in [1.807, 2.05) is 20.8 Å². The molecule has 0 aromatic rings. The molecule has 1 aliphatic rings. The number of hydrogen-bond donors (Lipinski definition) is 0. The fraction of sp³-hybridized carbons (Fsp3) is 0.867. The van der Waals surface area contributed by atoms with Crippen LogP contribution in [0.4, 0.5) is 0 Å². The Morgan fingerprint density at radius 1 is 1.19 bits per heavy atom. The van der Waals surface area contributed by atoms with E-state index in [0.717, 1.165) is 0 Å². The highest BCUT2D eigenvalue weighted by atomic mass is 16.7. The van der Waals surface area contributed by atoms with Crippen LogP contribution in [0.3, 0.4) is 0 Å². The molecule has 0 radical (unpaired) electrons. The molecule has 1 aliphatic heterocycles. The van der Waals surface area contributed by atoms with Gasteiger partial charge in [-0.1, -0.05) is 0 Å². The van der Waals surface area contributed by atoms with Gasteiger partial charge in [-0.05, 0) is 34.6 Å². The summed E-state index contributed by atoms with van der Waals surface area (Å²) in [7, 11) is 0. The molecule has 122 valence electrons. The third-order valence-corrected chi connectivity index (χ3v) is 2.71. The van der Waals surface area contributed by atoms with Crippen LogP contribution in [0.2, 0.25) is 0 Å². The lowest BCUT2D eigenvalue weighted by atomic mass is 10.1. The van der Waals surface area contributed by atoms with Crippen molar-refractivity contribution in [3.63, 3.8) is 0 Å². The van der Waals surface area contributed by atoms with Crippen molar-refractivity contribution in [3.05, 3.63) is 0 Å². The van der Waals surface area contributed by atoms with Gasteiger partial charge < -0.3 is 18.9 Å². The van der Waals surface area contributed by atoms with E-state index in [4.69, 9.17) is 18.9 Å². The van der Waals surface area contributed by atoms with Crippen molar-refractivity contribution in [1.82, 2.24) is 0 Å². The van der Waals surface area contributed by atoms with Crippen LogP contribution >= 0.6 is 0 Å². The Bertz CT molecular complexity index is 382. The Labute approximate surface area is 126 Å². The van der Waals surface area contributed by atoms with Crippen molar-refractivity contribution in [1.29, 1.82) is 0 Å². The molecule has 0 aromatic carbocycles. The molecule has 6 nitrogen and oxygen atoms in total. The molecule has 1 fully saturated rings. The summed E-state index contributed by atoms with van der Waals surface area (Å²) in [5.74, 6) is -1.49. The molecule has 0 unspecified atom stereocenters. The summed E-state index contributed by atoms with van der Waals surface area (Å²) in [5, 5.41) is 0. The van der Waals surface area contributed by atoms with E-state index in [2.05, 4.69) is 0 Å². The van der Waals surface area contributed by atoms with Crippen molar-refractivity contribution >= 4 is 11.9 Å². The van der Waals surface area contributed by atoms with Crippen LogP contribution in [0, 0.1) is 0 Å². The van der Waals surface area contributed by atoms with E-state index in [1.165, 1.54) is 6.92 Å². The molecular weight excluding hydrogens is 276 g/mol. The van der Waals surface area contributed by atoms with Gasteiger partial charge in [-0.15, -0.1) is 0 Å². The smallest absolute Gasteiger partial charge is 0.308 e. The predicted octanol–water partition coefficient (Wildman–Crippen LogP) is 2.19. The summed E-state index contributed by atoms with van der Waals surface area (Å²) in [6.07, 6.45) is 0.0329. The summed E-state index contributed by atoms with van der Waals surface area (Å²) in [6.45, 7) is 10.5. The second kappa shape index (κ2) is 6.75. The van der Waals surface area contributed by atoms with Gasteiger partial charge in [-0.2, -0.15) is 0 Å². The average molecular weight is 302 g/mol. The number of rotatable bonds is 4. The summed E-state index contributed by atoms with van der Waals surface area (Å²) in [5.41, 5.74) is -0.519. The maximum Gasteiger partial charge on any atom is 0.308 e. The van der Waals surface area contributed by atoms with E-state index in [9.17, 15) is 9.59 Å². The lowest BCUT2D eigenvalue weighted by Gasteiger charge is -2.40. The zero-order valence-electron chi connectivity index (χ0n) is 13.7. The van der Waals surface area contributed by atoms with Crippen molar-refractivity contribution in [2.45, 2.75) is 78.0 Å². The van der Waals surface area contributed by atoms with Crippen LogP contribution in [-0.2, 0) is 28.5 Å². The second-order valence-electron chi connectivity index (χ2n) is 6.71.